The van der Waals surface area contributed by atoms with Gasteiger partial charge in [0.05, 0.1) is 12.1 Å². The first-order valence-corrected chi connectivity index (χ1v) is 6.38. The number of amides is 1. The van der Waals surface area contributed by atoms with E-state index in [1.807, 2.05) is 6.92 Å². The van der Waals surface area contributed by atoms with E-state index in [4.69, 9.17) is 9.63 Å². The van der Waals surface area contributed by atoms with E-state index in [-0.39, 0.29) is 24.7 Å². The Labute approximate surface area is 111 Å². The predicted octanol–water partition coefficient (Wildman–Crippen LogP) is 1.16. The first kappa shape index (κ1) is 13.6. The third-order valence-electron chi connectivity index (χ3n) is 3.61. The Hall–Kier alpha value is -1.85. The molecule has 1 aliphatic rings. The molecule has 1 aromatic rings. The Balaban J connectivity index is 1.93. The zero-order valence-corrected chi connectivity index (χ0v) is 11.2. The fourth-order valence-corrected chi connectivity index (χ4v) is 2.49. The maximum atomic E-state index is 12.2. The van der Waals surface area contributed by atoms with Crippen molar-refractivity contribution in [2.75, 3.05) is 13.1 Å². The van der Waals surface area contributed by atoms with Crippen molar-refractivity contribution in [3.8, 4) is 0 Å². The molecule has 104 valence electrons. The number of carbonyl (C=O) groups is 2. The number of carboxylic acid groups (broad SMARTS) is 1. The van der Waals surface area contributed by atoms with Crippen LogP contribution in [0.15, 0.2) is 4.52 Å². The molecule has 1 saturated heterocycles. The van der Waals surface area contributed by atoms with Gasteiger partial charge in [-0.25, -0.2) is 0 Å². The summed E-state index contributed by atoms with van der Waals surface area (Å²) in [4.78, 5) is 24.5. The minimum absolute atomic E-state index is 0.0160. The summed E-state index contributed by atoms with van der Waals surface area (Å²) >= 11 is 0. The summed E-state index contributed by atoms with van der Waals surface area (Å²) in [5, 5.41) is 12.6. The monoisotopic (exact) mass is 266 g/mol. The Morgan fingerprint density at radius 1 is 1.47 bits per heavy atom. The third-order valence-corrected chi connectivity index (χ3v) is 3.61. The van der Waals surface area contributed by atoms with E-state index in [2.05, 4.69) is 5.16 Å². The van der Waals surface area contributed by atoms with E-state index in [0.29, 0.717) is 18.8 Å². The smallest absolute Gasteiger partial charge is 0.303 e. The van der Waals surface area contributed by atoms with Gasteiger partial charge in [0.15, 0.2) is 0 Å². The van der Waals surface area contributed by atoms with Crippen LogP contribution in [0.1, 0.15) is 29.9 Å². The molecule has 2 heterocycles. The largest absolute Gasteiger partial charge is 0.481 e. The van der Waals surface area contributed by atoms with Crippen LogP contribution in [0.4, 0.5) is 0 Å². The quantitative estimate of drug-likeness (QED) is 0.884. The summed E-state index contributed by atoms with van der Waals surface area (Å²) in [5.74, 6) is -0.0365. The van der Waals surface area contributed by atoms with Crippen LogP contribution in [0.25, 0.3) is 0 Å². The summed E-state index contributed by atoms with van der Waals surface area (Å²) in [7, 11) is 0. The molecule has 19 heavy (non-hydrogen) atoms. The van der Waals surface area contributed by atoms with Gasteiger partial charge in [0.25, 0.3) is 0 Å². The highest BCUT2D eigenvalue weighted by atomic mass is 16.5. The van der Waals surface area contributed by atoms with Crippen LogP contribution in [0.2, 0.25) is 0 Å². The second kappa shape index (κ2) is 5.42. The van der Waals surface area contributed by atoms with Gasteiger partial charge in [-0.3, -0.25) is 9.59 Å². The molecule has 1 amide bonds. The highest BCUT2D eigenvalue weighted by Gasteiger charge is 2.28. The van der Waals surface area contributed by atoms with Gasteiger partial charge in [0.1, 0.15) is 5.76 Å². The summed E-state index contributed by atoms with van der Waals surface area (Å²) in [6.07, 6.45) is 1.18. The van der Waals surface area contributed by atoms with Gasteiger partial charge in [0, 0.05) is 25.1 Å². The average molecular weight is 266 g/mol. The fraction of sp³-hybridized carbons (Fsp3) is 0.615. The molecular weight excluding hydrogens is 248 g/mol. The fourth-order valence-electron chi connectivity index (χ4n) is 2.49. The molecular formula is C13H18N2O4. The van der Waals surface area contributed by atoms with Crippen molar-refractivity contribution in [2.24, 2.45) is 5.92 Å². The molecule has 0 bridgehead atoms. The van der Waals surface area contributed by atoms with Crippen LogP contribution in [0.3, 0.4) is 0 Å². The van der Waals surface area contributed by atoms with Crippen molar-refractivity contribution in [3.05, 3.63) is 17.0 Å². The molecule has 6 nitrogen and oxygen atoms in total. The maximum absolute atomic E-state index is 12.2. The zero-order valence-electron chi connectivity index (χ0n) is 11.2. The number of likely N-dealkylation sites (tertiary alicyclic amines) is 1. The van der Waals surface area contributed by atoms with Crippen molar-refractivity contribution in [1.82, 2.24) is 10.1 Å². The molecule has 1 N–H and O–H groups in total. The number of carboxylic acids is 1. The summed E-state index contributed by atoms with van der Waals surface area (Å²) in [5.41, 5.74) is 1.58. The third kappa shape index (κ3) is 3.13. The van der Waals surface area contributed by atoms with Crippen LogP contribution >= 0.6 is 0 Å². The number of aromatic nitrogens is 1. The van der Waals surface area contributed by atoms with Crippen molar-refractivity contribution in [2.45, 2.75) is 33.1 Å². The Morgan fingerprint density at radius 2 is 2.21 bits per heavy atom. The Kier molecular flexibility index (Phi) is 3.87. The maximum Gasteiger partial charge on any atom is 0.303 e. The van der Waals surface area contributed by atoms with Gasteiger partial charge in [-0.05, 0) is 26.2 Å². The number of aryl methyl sites for hydroxylation is 2. The van der Waals surface area contributed by atoms with Crippen LogP contribution in [0.5, 0.6) is 0 Å². The molecule has 0 aliphatic carbocycles. The van der Waals surface area contributed by atoms with E-state index in [1.54, 1.807) is 11.8 Å². The minimum atomic E-state index is -0.801. The van der Waals surface area contributed by atoms with Crippen molar-refractivity contribution in [3.63, 3.8) is 0 Å². The topological polar surface area (TPSA) is 83.6 Å². The second-order valence-electron chi connectivity index (χ2n) is 5.07. The van der Waals surface area contributed by atoms with E-state index < -0.39 is 5.97 Å². The minimum Gasteiger partial charge on any atom is -0.481 e. The predicted molar refractivity (Wildman–Crippen MR) is 66.6 cm³/mol. The summed E-state index contributed by atoms with van der Waals surface area (Å²) < 4.78 is 5.03. The Morgan fingerprint density at radius 3 is 2.79 bits per heavy atom. The molecule has 0 spiro atoms. The van der Waals surface area contributed by atoms with E-state index in [1.165, 1.54) is 0 Å². The molecule has 0 aromatic carbocycles. The van der Waals surface area contributed by atoms with Gasteiger partial charge in [-0.2, -0.15) is 0 Å². The first-order chi connectivity index (χ1) is 8.97. The molecule has 6 heteroatoms. The molecule has 0 saturated carbocycles. The number of carbonyl (C=O) groups excluding carboxylic acids is 1. The number of nitrogens with zero attached hydrogens (tertiary/aromatic N) is 2. The summed E-state index contributed by atoms with van der Waals surface area (Å²) in [6.45, 7) is 4.78. The van der Waals surface area contributed by atoms with Crippen LogP contribution in [-0.2, 0) is 16.0 Å². The molecule has 2 rings (SSSR count). The van der Waals surface area contributed by atoms with Gasteiger partial charge < -0.3 is 14.5 Å². The molecule has 1 unspecified atom stereocenters. The second-order valence-corrected chi connectivity index (χ2v) is 5.07. The van der Waals surface area contributed by atoms with Gasteiger partial charge in [0.2, 0.25) is 5.91 Å². The van der Waals surface area contributed by atoms with Crippen molar-refractivity contribution < 1.29 is 19.2 Å². The number of hydrogen-bond acceptors (Lipinski definition) is 4. The first-order valence-electron chi connectivity index (χ1n) is 6.38. The molecule has 0 radical (unpaired) electrons. The lowest BCUT2D eigenvalue weighted by Gasteiger charge is -2.16. The van der Waals surface area contributed by atoms with Crippen LogP contribution in [0, 0.1) is 19.8 Å². The standard InChI is InChI=1S/C13H18N2O4/c1-8-11(9(2)19-14-8)6-12(16)15-4-3-10(7-15)5-13(17)18/h10H,3-7H2,1-2H3,(H,17,18). The van der Waals surface area contributed by atoms with E-state index in [0.717, 1.165) is 17.7 Å². The number of aliphatic carboxylic acids is 1. The van der Waals surface area contributed by atoms with Crippen molar-refractivity contribution >= 4 is 11.9 Å². The lowest BCUT2D eigenvalue weighted by atomic mass is 10.1. The molecule has 1 fully saturated rings. The normalized spacial score (nSPS) is 18.8. The summed E-state index contributed by atoms with van der Waals surface area (Å²) in [6, 6.07) is 0. The van der Waals surface area contributed by atoms with Crippen LogP contribution < -0.4 is 0 Å². The average Bonchev–Trinajstić information content (AvgIpc) is 2.90. The zero-order chi connectivity index (χ0) is 14.0. The Bertz CT molecular complexity index is 475. The van der Waals surface area contributed by atoms with Gasteiger partial charge >= 0.3 is 5.97 Å². The van der Waals surface area contributed by atoms with Crippen LogP contribution in [-0.4, -0.2) is 40.1 Å². The lowest BCUT2D eigenvalue weighted by molar-refractivity contribution is -0.138. The number of hydrogen-bond donors (Lipinski definition) is 1. The van der Waals surface area contributed by atoms with Crippen molar-refractivity contribution in [1.29, 1.82) is 0 Å². The highest BCUT2D eigenvalue weighted by Crippen LogP contribution is 2.21. The molecule has 1 aliphatic heterocycles. The molecule has 1 atom stereocenters. The van der Waals surface area contributed by atoms with Gasteiger partial charge in [-0.15, -0.1) is 0 Å². The lowest BCUT2D eigenvalue weighted by Crippen LogP contribution is -2.30. The highest BCUT2D eigenvalue weighted by molar-refractivity contribution is 5.79. The van der Waals surface area contributed by atoms with E-state index in [9.17, 15) is 9.59 Å². The van der Waals surface area contributed by atoms with Gasteiger partial charge in [-0.1, -0.05) is 5.16 Å². The van der Waals surface area contributed by atoms with E-state index >= 15 is 0 Å². The SMILES string of the molecule is Cc1noc(C)c1CC(=O)N1CCC(CC(=O)O)C1. The molecule has 1 aromatic heterocycles. The number of rotatable bonds is 4.